The number of rotatable bonds is 5. The Morgan fingerprint density at radius 2 is 1.19 bits per heavy atom. The summed E-state index contributed by atoms with van der Waals surface area (Å²) in [5, 5.41) is 9.78. The molecule has 0 saturated carbocycles. The van der Waals surface area contributed by atoms with Gasteiger partial charge < -0.3 is 13.9 Å². The first kappa shape index (κ1) is 29.7. The molecule has 0 atom stereocenters. The van der Waals surface area contributed by atoms with E-state index in [9.17, 15) is 0 Å². The van der Waals surface area contributed by atoms with Crippen LogP contribution in [-0.2, 0) is 0 Å². The average Bonchev–Trinajstić information content (AvgIpc) is 3.91. The predicted octanol–water partition coefficient (Wildman–Crippen LogP) is 14.8. The lowest BCUT2D eigenvalue weighted by molar-refractivity contribution is 0.669. The Hall–Kier alpha value is -6.88. The molecule has 54 heavy (non-hydrogen) atoms. The number of fused-ring (bicyclic) bond motifs is 6. The number of thiophene rings is 1. The largest absolute Gasteiger partial charge is 0.454 e. The van der Waals surface area contributed by atoms with Gasteiger partial charge in [-0.05, 0) is 82.6 Å². The molecule has 0 bridgehead atoms. The lowest BCUT2D eigenvalue weighted by Gasteiger charge is -2.27. The van der Waals surface area contributed by atoms with E-state index in [1.807, 2.05) is 11.3 Å². The molecule has 0 saturated heterocycles. The summed E-state index contributed by atoms with van der Waals surface area (Å²) < 4.78 is 11.9. The summed E-state index contributed by atoms with van der Waals surface area (Å²) in [6, 6.07) is 65.9. The van der Waals surface area contributed by atoms with Crippen molar-refractivity contribution in [2.24, 2.45) is 0 Å². The average molecular weight is 707 g/mol. The van der Waals surface area contributed by atoms with Crippen molar-refractivity contribution >= 4 is 103 Å². The minimum atomic E-state index is 0.867. The van der Waals surface area contributed by atoms with Gasteiger partial charge >= 0.3 is 0 Å². The highest BCUT2D eigenvalue weighted by molar-refractivity contribution is 7.26. The number of aromatic nitrogens is 1. The molecule has 0 aliphatic carbocycles. The minimum absolute atomic E-state index is 0.867. The number of benzene rings is 9. The van der Waals surface area contributed by atoms with Gasteiger partial charge in [-0.2, -0.15) is 0 Å². The van der Waals surface area contributed by atoms with E-state index >= 15 is 0 Å². The SMILES string of the molecule is c1ccc(-c2ccc3oc4c(N(c5cc6ccc7cccc8c7c6c(c5)n8-c5ccccc5)c5cccc6c5sc5ccccc56)cccc4c3c2)cc1. The quantitative estimate of drug-likeness (QED) is 0.166. The number of furan rings is 1. The monoisotopic (exact) mass is 706 g/mol. The van der Waals surface area contributed by atoms with Crippen LogP contribution in [-0.4, -0.2) is 4.57 Å². The van der Waals surface area contributed by atoms with Crippen LogP contribution >= 0.6 is 11.3 Å². The van der Waals surface area contributed by atoms with Crippen molar-refractivity contribution in [3.8, 4) is 16.8 Å². The maximum Gasteiger partial charge on any atom is 0.159 e. The van der Waals surface area contributed by atoms with Gasteiger partial charge in [0.05, 0.1) is 27.1 Å². The molecule has 0 N–H and O–H groups in total. The fourth-order valence-corrected chi connectivity index (χ4v) is 9.95. The zero-order valence-corrected chi connectivity index (χ0v) is 29.8. The van der Waals surface area contributed by atoms with Gasteiger partial charge in [-0.3, -0.25) is 0 Å². The lowest BCUT2D eigenvalue weighted by atomic mass is 10.0. The van der Waals surface area contributed by atoms with Crippen molar-refractivity contribution in [3.05, 3.63) is 182 Å². The Balaban J connectivity index is 1.19. The number of anilines is 3. The molecule has 0 aliphatic heterocycles. The highest BCUT2D eigenvalue weighted by atomic mass is 32.1. The molecule has 0 aliphatic rings. The normalized spacial score (nSPS) is 12.1. The fraction of sp³-hybridized carbons (Fsp3) is 0. The van der Waals surface area contributed by atoms with Crippen molar-refractivity contribution in [2.75, 3.05) is 4.90 Å². The highest BCUT2D eigenvalue weighted by Gasteiger charge is 2.25. The molecule has 4 heteroatoms. The van der Waals surface area contributed by atoms with Crippen LogP contribution < -0.4 is 4.90 Å². The molecular weight excluding hydrogens is 677 g/mol. The van der Waals surface area contributed by atoms with Gasteiger partial charge in [-0.1, -0.05) is 121 Å². The molecule has 3 aromatic heterocycles. The summed E-state index contributed by atoms with van der Waals surface area (Å²) in [7, 11) is 0. The van der Waals surface area contributed by atoms with Crippen LogP contribution in [0, 0.1) is 0 Å². The molecular formula is C50H30N2OS. The Kier molecular flexibility index (Phi) is 6.21. The van der Waals surface area contributed by atoms with E-state index in [0.717, 1.165) is 44.7 Å². The molecule has 12 aromatic rings. The first-order valence-electron chi connectivity index (χ1n) is 18.3. The smallest absolute Gasteiger partial charge is 0.159 e. The first-order chi connectivity index (χ1) is 26.8. The van der Waals surface area contributed by atoms with Crippen LogP contribution in [0.4, 0.5) is 17.1 Å². The maximum atomic E-state index is 6.91. The lowest BCUT2D eigenvalue weighted by Crippen LogP contribution is -2.10. The number of hydrogen-bond donors (Lipinski definition) is 0. The summed E-state index contributed by atoms with van der Waals surface area (Å²) >= 11 is 1.85. The third-order valence-corrected chi connectivity index (χ3v) is 12.3. The Morgan fingerprint density at radius 1 is 0.463 bits per heavy atom. The van der Waals surface area contributed by atoms with Crippen LogP contribution in [0.2, 0.25) is 0 Å². The Labute approximate surface area is 314 Å². The number of para-hydroxylation sites is 2. The van der Waals surface area contributed by atoms with E-state index < -0.39 is 0 Å². The summed E-state index contributed by atoms with van der Waals surface area (Å²) in [5.41, 5.74) is 10.8. The molecule has 9 aromatic carbocycles. The van der Waals surface area contributed by atoms with Gasteiger partial charge in [0.25, 0.3) is 0 Å². The van der Waals surface area contributed by atoms with Gasteiger partial charge in [0.1, 0.15) is 5.58 Å². The minimum Gasteiger partial charge on any atom is -0.454 e. The van der Waals surface area contributed by atoms with Gasteiger partial charge in [0, 0.05) is 48.4 Å². The zero-order chi connectivity index (χ0) is 35.3. The molecule has 0 amide bonds. The molecule has 12 rings (SSSR count). The molecule has 3 nitrogen and oxygen atoms in total. The number of hydrogen-bond acceptors (Lipinski definition) is 3. The van der Waals surface area contributed by atoms with Crippen LogP contribution in [0.1, 0.15) is 0 Å². The van der Waals surface area contributed by atoms with Gasteiger partial charge in [0.2, 0.25) is 0 Å². The second-order valence-electron chi connectivity index (χ2n) is 14.1. The predicted molar refractivity (Wildman–Crippen MR) is 230 cm³/mol. The third-order valence-electron chi connectivity index (χ3n) is 11.1. The second kappa shape index (κ2) is 11.3. The second-order valence-corrected chi connectivity index (χ2v) is 15.1. The molecule has 0 radical (unpaired) electrons. The summed E-state index contributed by atoms with van der Waals surface area (Å²) in [6.07, 6.45) is 0. The van der Waals surface area contributed by atoms with Crippen LogP contribution in [0.3, 0.4) is 0 Å². The van der Waals surface area contributed by atoms with Crippen LogP contribution in [0.15, 0.2) is 186 Å². The van der Waals surface area contributed by atoms with Crippen LogP contribution in [0.5, 0.6) is 0 Å². The van der Waals surface area contributed by atoms with Crippen molar-refractivity contribution in [2.45, 2.75) is 0 Å². The molecule has 3 heterocycles. The van der Waals surface area contributed by atoms with E-state index in [1.54, 1.807) is 0 Å². The van der Waals surface area contributed by atoms with Crippen molar-refractivity contribution < 1.29 is 4.42 Å². The van der Waals surface area contributed by atoms with Crippen LogP contribution in [0.25, 0.3) is 91.5 Å². The summed E-state index contributed by atoms with van der Waals surface area (Å²) in [4.78, 5) is 2.44. The van der Waals surface area contributed by atoms with E-state index in [0.29, 0.717) is 0 Å². The molecule has 252 valence electrons. The summed E-state index contributed by atoms with van der Waals surface area (Å²) in [6.45, 7) is 0. The molecule has 0 fully saturated rings. The van der Waals surface area contributed by atoms with Crippen molar-refractivity contribution in [1.29, 1.82) is 0 Å². The molecule has 0 unspecified atom stereocenters. The van der Waals surface area contributed by atoms with E-state index in [2.05, 4.69) is 191 Å². The summed E-state index contributed by atoms with van der Waals surface area (Å²) in [5.74, 6) is 0. The van der Waals surface area contributed by atoms with Gasteiger partial charge in [-0.25, -0.2) is 0 Å². The van der Waals surface area contributed by atoms with Crippen molar-refractivity contribution in [1.82, 2.24) is 4.57 Å². The Bertz CT molecular complexity index is 3390. The standard InChI is InChI=1S/C50H30N2OS/c1-3-12-31(13-4-1)33-26-27-45-40(29-33)38-18-10-21-42(49(38)53-45)52(43-22-11-19-39-37-17-7-8-23-46(37)54-50(39)43)36-28-34-25-24-32-14-9-20-41-47(32)48(34)44(30-36)51(41)35-15-5-2-6-16-35/h1-30H. The zero-order valence-electron chi connectivity index (χ0n) is 29.0. The highest BCUT2D eigenvalue weighted by Crippen LogP contribution is 2.50. The Morgan fingerprint density at radius 3 is 2.07 bits per heavy atom. The van der Waals surface area contributed by atoms with E-state index in [1.165, 1.54) is 63.9 Å². The molecule has 0 spiro atoms. The topological polar surface area (TPSA) is 21.3 Å². The number of nitrogens with zero attached hydrogens (tertiary/aromatic N) is 2. The van der Waals surface area contributed by atoms with Gasteiger partial charge in [-0.15, -0.1) is 11.3 Å². The first-order valence-corrected chi connectivity index (χ1v) is 19.2. The fourth-order valence-electron chi connectivity index (χ4n) is 8.75. The van der Waals surface area contributed by atoms with Crippen molar-refractivity contribution in [3.63, 3.8) is 0 Å². The van der Waals surface area contributed by atoms with E-state index in [4.69, 9.17) is 4.42 Å². The van der Waals surface area contributed by atoms with Gasteiger partial charge in [0.15, 0.2) is 5.58 Å². The maximum absolute atomic E-state index is 6.91. The third kappa shape index (κ3) is 4.23. The van der Waals surface area contributed by atoms with E-state index in [-0.39, 0.29) is 0 Å².